The van der Waals surface area contributed by atoms with Gasteiger partial charge in [-0.1, -0.05) is 23.7 Å². The Labute approximate surface area is 150 Å². The zero-order chi connectivity index (χ0) is 18.0. The maximum absolute atomic E-state index is 12.0. The quantitative estimate of drug-likeness (QED) is 0.745. The van der Waals surface area contributed by atoms with E-state index in [4.69, 9.17) is 11.6 Å². The molecule has 2 aromatic heterocycles. The number of nitrogens with one attached hydrogen (secondary N) is 2. The Bertz CT molecular complexity index is 919. The summed E-state index contributed by atoms with van der Waals surface area (Å²) in [6.07, 6.45) is 3.09. The number of aromatic nitrogens is 4. The first kappa shape index (κ1) is 16.9. The molecule has 3 rings (SSSR count). The molecular formula is C17H17ClN6O. The highest BCUT2D eigenvalue weighted by Gasteiger charge is 2.12. The van der Waals surface area contributed by atoms with Crippen LogP contribution >= 0.6 is 11.6 Å². The van der Waals surface area contributed by atoms with E-state index in [-0.39, 0.29) is 0 Å². The van der Waals surface area contributed by atoms with Crippen LogP contribution in [0, 0.1) is 20.8 Å². The van der Waals surface area contributed by atoms with Crippen LogP contribution in [0.5, 0.6) is 0 Å². The third-order valence-corrected chi connectivity index (χ3v) is 4.06. The zero-order valence-corrected chi connectivity index (χ0v) is 14.8. The van der Waals surface area contributed by atoms with Gasteiger partial charge in [0.25, 0.3) is 0 Å². The largest absolute Gasteiger partial charge is 0.323 e. The van der Waals surface area contributed by atoms with Gasteiger partial charge in [0, 0.05) is 5.69 Å². The SMILES string of the molecule is Cc1nc(C)n(-c2ncc(NC(=O)Nc3ccccc3Cl)cn2)c1C. The van der Waals surface area contributed by atoms with Crippen molar-refractivity contribution in [2.45, 2.75) is 20.8 Å². The zero-order valence-electron chi connectivity index (χ0n) is 14.0. The number of urea groups is 1. The Morgan fingerprint density at radius 1 is 1.08 bits per heavy atom. The van der Waals surface area contributed by atoms with Gasteiger partial charge in [-0.3, -0.25) is 4.57 Å². The second-order valence-electron chi connectivity index (χ2n) is 5.50. The van der Waals surface area contributed by atoms with Crippen molar-refractivity contribution in [3.63, 3.8) is 0 Å². The number of nitrogens with zero attached hydrogens (tertiary/aromatic N) is 4. The number of para-hydroxylation sites is 1. The van der Waals surface area contributed by atoms with E-state index in [0.29, 0.717) is 22.3 Å². The average molecular weight is 357 g/mol. The molecule has 7 nitrogen and oxygen atoms in total. The number of benzene rings is 1. The fourth-order valence-electron chi connectivity index (χ4n) is 2.42. The molecule has 0 spiro atoms. The molecule has 0 saturated carbocycles. The molecule has 0 unspecified atom stereocenters. The summed E-state index contributed by atoms with van der Waals surface area (Å²) in [5.74, 6) is 1.32. The highest BCUT2D eigenvalue weighted by molar-refractivity contribution is 6.33. The highest BCUT2D eigenvalue weighted by atomic mass is 35.5. The van der Waals surface area contributed by atoms with Gasteiger partial charge in [0.1, 0.15) is 5.82 Å². The lowest BCUT2D eigenvalue weighted by Crippen LogP contribution is -2.20. The van der Waals surface area contributed by atoms with Crippen LogP contribution in [0.25, 0.3) is 5.95 Å². The molecule has 8 heteroatoms. The minimum absolute atomic E-state index is 0.421. The molecule has 1 aromatic carbocycles. The summed E-state index contributed by atoms with van der Waals surface area (Å²) < 4.78 is 1.86. The normalized spacial score (nSPS) is 10.6. The minimum atomic E-state index is -0.421. The van der Waals surface area contributed by atoms with Gasteiger partial charge in [-0.15, -0.1) is 0 Å². The summed E-state index contributed by atoms with van der Waals surface area (Å²) >= 11 is 6.02. The molecule has 0 radical (unpaired) electrons. The molecule has 0 fully saturated rings. The summed E-state index contributed by atoms with van der Waals surface area (Å²) in [7, 11) is 0. The lowest BCUT2D eigenvalue weighted by atomic mass is 10.3. The first-order valence-electron chi connectivity index (χ1n) is 7.63. The monoisotopic (exact) mass is 356 g/mol. The van der Waals surface area contributed by atoms with E-state index in [9.17, 15) is 4.79 Å². The van der Waals surface area contributed by atoms with Crippen molar-refractivity contribution < 1.29 is 4.79 Å². The molecule has 2 heterocycles. The number of imidazole rings is 1. The Morgan fingerprint density at radius 3 is 2.36 bits per heavy atom. The van der Waals surface area contributed by atoms with Crippen LogP contribution in [-0.4, -0.2) is 25.6 Å². The van der Waals surface area contributed by atoms with E-state index in [0.717, 1.165) is 17.2 Å². The number of carbonyl (C=O) groups excluding carboxylic acids is 1. The molecule has 2 N–H and O–H groups in total. The van der Waals surface area contributed by atoms with Crippen LogP contribution in [-0.2, 0) is 0 Å². The first-order chi connectivity index (χ1) is 12.0. The number of anilines is 2. The van der Waals surface area contributed by atoms with Crippen LogP contribution < -0.4 is 10.6 Å². The van der Waals surface area contributed by atoms with E-state index < -0.39 is 6.03 Å². The van der Waals surface area contributed by atoms with Gasteiger partial charge in [0.05, 0.1) is 34.5 Å². The molecule has 25 heavy (non-hydrogen) atoms. The summed E-state index contributed by atoms with van der Waals surface area (Å²) in [6, 6.07) is 6.58. The Hall–Kier alpha value is -2.93. The van der Waals surface area contributed by atoms with Crippen molar-refractivity contribution in [1.29, 1.82) is 0 Å². The van der Waals surface area contributed by atoms with E-state index in [2.05, 4.69) is 25.6 Å². The number of hydrogen-bond donors (Lipinski definition) is 2. The van der Waals surface area contributed by atoms with E-state index >= 15 is 0 Å². The highest BCUT2D eigenvalue weighted by Crippen LogP contribution is 2.20. The fraction of sp³-hybridized carbons (Fsp3) is 0.176. The summed E-state index contributed by atoms with van der Waals surface area (Å²) in [5, 5.41) is 5.81. The summed E-state index contributed by atoms with van der Waals surface area (Å²) in [6.45, 7) is 5.79. The molecule has 0 saturated heterocycles. The standard InChI is InChI=1S/C17H17ClN6O/c1-10-11(2)24(12(3)21-10)16-19-8-13(9-20-16)22-17(25)23-15-7-5-4-6-14(15)18/h4-9H,1-3H3,(H2,22,23,25). The van der Waals surface area contributed by atoms with Crippen molar-refractivity contribution in [1.82, 2.24) is 19.5 Å². The third kappa shape index (κ3) is 3.61. The molecule has 0 aliphatic carbocycles. The summed E-state index contributed by atoms with van der Waals surface area (Å²) in [5.41, 5.74) is 2.91. The van der Waals surface area contributed by atoms with Crippen molar-refractivity contribution in [2.75, 3.05) is 10.6 Å². The van der Waals surface area contributed by atoms with E-state index in [1.165, 1.54) is 0 Å². The molecular weight excluding hydrogens is 340 g/mol. The second-order valence-corrected chi connectivity index (χ2v) is 5.90. The lowest BCUT2D eigenvalue weighted by Gasteiger charge is -2.10. The van der Waals surface area contributed by atoms with Crippen LogP contribution in [0.4, 0.5) is 16.2 Å². The van der Waals surface area contributed by atoms with Crippen LogP contribution in [0.2, 0.25) is 5.02 Å². The topological polar surface area (TPSA) is 84.7 Å². The molecule has 0 atom stereocenters. The van der Waals surface area contributed by atoms with Crippen LogP contribution in [0.3, 0.4) is 0 Å². The van der Waals surface area contributed by atoms with Crippen molar-refractivity contribution in [3.05, 3.63) is 58.9 Å². The second kappa shape index (κ2) is 6.90. The minimum Gasteiger partial charge on any atom is -0.306 e. The van der Waals surface area contributed by atoms with Gasteiger partial charge < -0.3 is 10.6 Å². The summed E-state index contributed by atoms with van der Waals surface area (Å²) in [4.78, 5) is 25.1. The molecule has 128 valence electrons. The number of carbonyl (C=O) groups is 1. The van der Waals surface area contributed by atoms with E-state index in [1.54, 1.807) is 36.7 Å². The Kier molecular flexibility index (Phi) is 4.67. The predicted octanol–water partition coefficient (Wildman–Crippen LogP) is 3.88. The third-order valence-electron chi connectivity index (χ3n) is 3.73. The number of halogens is 1. The maximum atomic E-state index is 12.0. The van der Waals surface area contributed by atoms with Crippen LogP contribution in [0.15, 0.2) is 36.7 Å². The fourth-order valence-corrected chi connectivity index (χ4v) is 2.60. The molecule has 0 aliphatic heterocycles. The number of rotatable bonds is 3. The van der Waals surface area contributed by atoms with Gasteiger partial charge in [-0.05, 0) is 32.9 Å². The van der Waals surface area contributed by atoms with Gasteiger partial charge in [0.15, 0.2) is 0 Å². The Balaban J connectivity index is 1.72. The van der Waals surface area contributed by atoms with Gasteiger partial charge in [0.2, 0.25) is 5.95 Å². The van der Waals surface area contributed by atoms with Crippen molar-refractivity contribution in [3.8, 4) is 5.95 Å². The van der Waals surface area contributed by atoms with Gasteiger partial charge in [-0.2, -0.15) is 0 Å². The number of hydrogen-bond acceptors (Lipinski definition) is 4. The molecule has 3 aromatic rings. The predicted molar refractivity (Wildman–Crippen MR) is 97.5 cm³/mol. The van der Waals surface area contributed by atoms with E-state index in [1.807, 2.05) is 25.3 Å². The average Bonchev–Trinajstić information content (AvgIpc) is 2.83. The molecule has 0 aliphatic rings. The lowest BCUT2D eigenvalue weighted by molar-refractivity contribution is 0.262. The van der Waals surface area contributed by atoms with Crippen LogP contribution in [0.1, 0.15) is 17.2 Å². The molecule has 0 bridgehead atoms. The maximum Gasteiger partial charge on any atom is 0.323 e. The first-order valence-corrected chi connectivity index (χ1v) is 8.01. The Morgan fingerprint density at radius 2 is 1.76 bits per heavy atom. The van der Waals surface area contributed by atoms with Gasteiger partial charge in [-0.25, -0.2) is 19.7 Å². The molecule has 2 amide bonds. The smallest absolute Gasteiger partial charge is 0.306 e. The number of aryl methyl sites for hydroxylation is 2. The van der Waals surface area contributed by atoms with Crippen molar-refractivity contribution in [2.24, 2.45) is 0 Å². The van der Waals surface area contributed by atoms with Gasteiger partial charge >= 0.3 is 6.03 Å². The van der Waals surface area contributed by atoms with Crippen molar-refractivity contribution >= 4 is 29.0 Å². The number of amides is 2.